The molecule has 6 nitrogen and oxygen atoms in total. The first-order valence-electron chi connectivity index (χ1n) is 8.07. The summed E-state index contributed by atoms with van der Waals surface area (Å²) in [6.45, 7) is 4.86. The van der Waals surface area contributed by atoms with Gasteiger partial charge in [-0.2, -0.15) is 5.10 Å². The van der Waals surface area contributed by atoms with E-state index in [9.17, 15) is 5.11 Å². The van der Waals surface area contributed by atoms with Crippen molar-refractivity contribution >= 4 is 5.96 Å². The van der Waals surface area contributed by atoms with Crippen molar-refractivity contribution in [1.29, 1.82) is 0 Å². The lowest BCUT2D eigenvalue weighted by atomic mass is 10.3. The number of aliphatic hydroxyl groups is 1. The highest BCUT2D eigenvalue weighted by Crippen LogP contribution is 2.10. The molecule has 3 rings (SSSR count). The van der Waals surface area contributed by atoms with Crippen molar-refractivity contribution in [1.82, 2.24) is 20.0 Å². The maximum atomic E-state index is 9.69. The highest BCUT2D eigenvalue weighted by molar-refractivity contribution is 5.80. The third-order valence-corrected chi connectivity index (χ3v) is 3.85. The third-order valence-electron chi connectivity index (χ3n) is 3.85. The van der Waals surface area contributed by atoms with E-state index in [0.29, 0.717) is 13.1 Å². The van der Waals surface area contributed by atoms with Gasteiger partial charge in [0.05, 0.1) is 24.0 Å². The molecular formula is C17H23N5O. The molecule has 2 aromatic rings. The van der Waals surface area contributed by atoms with Crippen LogP contribution >= 0.6 is 0 Å². The van der Waals surface area contributed by atoms with Crippen LogP contribution in [0.4, 0.5) is 0 Å². The number of aliphatic imine (C=N–C) groups is 1. The number of nitrogens with one attached hydrogen (secondary N) is 1. The quantitative estimate of drug-likeness (QED) is 0.661. The Morgan fingerprint density at radius 2 is 2.17 bits per heavy atom. The molecule has 1 aliphatic rings. The predicted molar refractivity (Wildman–Crippen MR) is 90.6 cm³/mol. The van der Waals surface area contributed by atoms with Crippen molar-refractivity contribution in [2.24, 2.45) is 4.99 Å². The summed E-state index contributed by atoms with van der Waals surface area (Å²) in [4.78, 5) is 6.75. The van der Waals surface area contributed by atoms with Crippen LogP contribution < -0.4 is 5.32 Å². The molecule has 1 fully saturated rings. The summed E-state index contributed by atoms with van der Waals surface area (Å²) >= 11 is 0. The van der Waals surface area contributed by atoms with Gasteiger partial charge in [-0.15, -0.1) is 0 Å². The number of aliphatic hydroxyl groups excluding tert-OH is 1. The highest BCUT2D eigenvalue weighted by Gasteiger charge is 2.22. The van der Waals surface area contributed by atoms with Crippen LogP contribution in [-0.2, 0) is 6.54 Å². The van der Waals surface area contributed by atoms with E-state index < -0.39 is 0 Å². The van der Waals surface area contributed by atoms with Gasteiger partial charge in [-0.3, -0.25) is 0 Å². The Morgan fingerprint density at radius 1 is 1.35 bits per heavy atom. The van der Waals surface area contributed by atoms with Gasteiger partial charge in [0.1, 0.15) is 0 Å². The molecule has 1 atom stereocenters. The van der Waals surface area contributed by atoms with Crippen LogP contribution in [0.2, 0.25) is 0 Å². The standard InChI is InChI=1S/C17H23N5O/c1-2-18-17(21-10-9-16(23)13-21)19-12-14-8-11-22(20-14)15-6-4-3-5-7-15/h3-8,11,16,23H,2,9-10,12-13H2,1H3,(H,18,19)/t16-/m1/s1. The van der Waals surface area contributed by atoms with Crippen LogP contribution in [0, 0.1) is 0 Å². The molecule has 2 N–H and O–H groups in total. The monoisotopic (exact) mass is 313 g/mol. The Labute approximate surface area is 136 Å². The van der Waals surface area contributed by atoms with Gasteiger partial charge >= 0.3 is 0 Å². The first kappa shape index (κ1) is 15.6. The first-order valence-corrected chi connectivity index (χ1v) is 8.07. The Morgan fingerprint density at radius 3 is 2.87 bits per heavy atom. The number of nitrogens with zero attached hydrogens (tertiary/aromatic N) is 4. The van der Waals surface area contributed by atoms with Gasteiger partial charge in [0.25, 0.3) is 0 Å². The molecule has 0 saturated carbocycles. The SMILES string of the molecule is CCNC(=NCc1ccn(-c2ccccc2)n1)N1CC[C@@H](O)C1. The van der Waals surface area contributed by atoms with Crippen molar-refractivity contribution in [3.05, 3.63) is 48.3 Å². The van der Waals surface area contributed by atoms with Crippen LogP contribution in [0.1, 0.15) is 19.0 Å². The zero-order valence-electron chi connectivity index (χ0n) is 13.4. The number of likely N-dealkylation sites (tertiary alicyclic amines) is 1. The van der Waals surface area contributed by atoms with Crippen LogP contribution in [0.15, 0.2) is 47.6 Å². The molecule has 122 valence electrons. The minimum atomic E-state index is -0.254. The molecule has 2 heterocycles. The molecule has 1 aromatic carbocycles. The van der Waals surface area contributed by atoms with Crippen LogP contribution in [-0.4, -0.2) is 51.5 Å². The predicted octanol–water partition coefficient (Wildman–Crippen LogP) is 1.40. The second-order valence-electron chi connectivity index (χ2n) is 5.65. The smallest absolute Gasteiger partial charge is 0.194 e. The zero-order valence-corrected chi connectivity index (χ0v) is 13.4. The summed E-state index contributed by atoms with van der Waals surface area (Å²) in [5.74, 6) is 0.846. The van der Waals surface area contributed by atoms with Gasteiger partial charge < -0.3 is 15.3 Å². The van der Waals surface area contributed by atoms with E-state index in [-0.39, 0.29) is 6.10 Å². The topological polar surface area (TPSA) is 65.7 Å². The molecule has 1 aromatic heterocycles. The average molecular weight is 313 g/mol. The second kappa shape index (κ2) is 7.28. The number of hydrogen-bond donors (Lipinski definition) is 2. The molecule has 0 bridgehead atoms. The molecule has 0 spiro atoms. The van der Waals surface area contributed by atoms with Crippen LogP contribution in [0.3, 0.4) is 0 Å². The lowest BCUT2D eigenvalue weighted by molar-refractivity contribution is 0.188. The average Bonchev–Trinajstić information content (AvgIpc) is 3.21. The lowest BCUT2D eigenvalue weighted by Crippen LogP contribution is -2.40. The molecule has 0 aliphatic carbocycles. The molecular weight excluding hydrogens is 290 g/mol. The summed E-state index contributed by atoms with van der Waals surface area (Å²) < 4.78 is 1.86. The van der Waals surface area contributed by atoms with E-state index >= 15 is 0 Å². The van der Waals surface area contributed by atoms with E-state index in [1.807, 2.05) is 54.2 Å². The fourth-order valence-electron chi connectivity index (χ4n) is 2.69. The number of para-hydroxylation sites is 1. The molecule has 6 heteroatoms. The second-order valence-corrected chi connectivity index (χ2v) is 5.65. The van der Waals surface area contributed by atoms with Gasteiger partial charge in [-0.25, -0.2) is 9.67 Å². The lowest BCUT2D eigenvalue weighted by Gasteiger charge is -2.20. The third kappa shape index (κ3) is 3.90. The summed E-state index contributed by atoms with van der Waals surface area (Å²) in [5, 5.41) is 17.5. The van der Waals surface area contributed by atoms with Crippen LogP contribution in [0.25, 0.3) is 5.69 Å². The van der Waals surface area contributed by atoms with E-state index in [1.54, 1.807) is 0 Å². The first-order chi connectivity index (χ1) is 11.3. The van der Waals surface area contributed by atoms with Crippen molar-refractivity contribution in [2.75, 3.05) is 19.6 Å². The fourth-order valence-corrected chi connectivity index (χ4v) is 2.69. The number of rotatable bonds is 4. The van der Waals surface area contributed by atoms with Gasteiger partial charge in [0.15, 0.2) is 5.96 Å². The summed E-state index contributed by atoms with van der Waals surface area (Å²) in [6.07, 6.45) is 2.50. The van der Waals surface area contributed by atoms with Crippen molar-refractivity contribution in [3.8, 4) is 5.69 Å². The Balaban J connectivity index is 1.69. The number of hydrogen-bond acceptors (Lipinski definition) is 3. The molecule has 1 aliphatic heterocycles. The van der Waals surface area contributed by atoms with Crippen molar-refractivity contribution in [2.45, 2.75) is 26.0 Å². The Hall–Kier alpha value is -2.34. The van der Waals surface area contributed by atoms with Gasteiger partial charge in [-0.05, 0) is 31.5 Å². The van der Waals surface area contributed by atoms with Gasteiger partial charge in [0, 0.05) is 25.8 Å². The van der Waals surface area contributed by atoms with Gasteiger partial charge in [0.2, 0.25) is 0 Å². The summed E-state index contributed by atoms with van der Waals surface area (Å²) in [5.41, 5.74) is 1.96. The number of β-amino-alcohol motifs (C(OH)–C–C–N with tert-alkyl or cyclic N) is 1. The molecule has 0 unspecified atom stereocenters. The molecule has 0 radical (unpaired) electrons. The normalized spacial score (nSPS) is 18.4. The van der Waals surface area contributed by atoms with Crippen molar-refractivity contribution in [3.63, 3.8) is 0 Å². The molecule has 0 amide bonds. The number of aromatic nitrogens is 2. The van der Waals surface area contributed by atoms with E-state index in [1.165, 1.54) is 0 Å². The molecule has 23 heavy (non-hydrogen) atoms. The van der Waals surface area contributed by atoms with Gasteiger partial charge in [-0.1, -0.05) is 18.2 Å². The molecule has 1 saturated heterocycles. The van der Waals surface area contributed by atoms with Crippen molar-refractivity contribution < 1.29 is 5.11 Å². The highest BCUT2D eigenvalue weighted by atomic mass is 16.3. The zero-order chi connectivity index (χ0) is 16.1. The van der Waals surface area contributed by atoms with Crippen LogP contribution in [0.5, 0.6) is 0 Å². The number of guanidine groups is 1. The Kier molecular flexibility index (Phi) is 4.92. The fraction of sp³-hybridized carbons (Fsp3) is 0.412. The van der Waals surface area contributed by atoms with E-state index in [2.05, 4.69) is 20.3 Å². The Bertz CT molecular complexity index is 652. The summed E-state index contributed by atoms with van der Waals surface area (Å²) in [7, 11) is 0. The maximum absolute atomic E-state index is 9.69. The minimum Gasteiger partial charge on any atom is -0.391 e. The van der Waals surface area contributed by atoms with E-state index in [4.69, 9.17) is 0 Å². The maximum Gasteiger partial charge on any atom is 0.194 e. The largest absolute Gasteiger partial charge is 0.391 e. The van der Waals surface area contributed by atoms with E-state index in [0.717, 1.165) is 36.9 Å². The minimum absolute atomic E-state index is 0.254. The summed E-state index contributed by atoms with van der Waals surface area (Å²) in [6, 6.07) is 12.0. The number of benzene rings is 1.